The van der Waals surface area contributed by atoms with Crippen LogP contribution in [0.15, 0.2) is 59.5 Å². The summed E-state index contributed by atoms with van der Waals surface area (Å²) in [6.07, 6.45) is -0.191. The van der Waals surface area contributed by atoms with Crippen LogP contribution in [0.3, 0.4) is 0 Å². The molecule has 0 radical (unpaired) electrons. The molecule has 4 saturated heterocycles. The number of benzene rings is 2. The number of esters is 2. The van der Waals surface area contributed by atoms with Crippen LogP contribution in [0.25, 0.3) is 0 Å². The van der Waals surface area contributed by atoms with Crippen molar-refractivity contribution < 1.29 is 60.3 Å². The van der Waals surface area contributed by atoms with Crippen LogP contribution in [0.2, 0.25) is 0 Å². The lowest BCUT2D eigenvalue weighted by atomic mass is 9.95. The number of hydrogen-bond acceptors (Lipinski definition) is 13. The topological polar surface area (TPSA) is 268 Å². The number of nitrogens with zero attached hydrogens (tertiary/aromatic N) is 2. The fraction of sp³-hybridized carbons (Fsp3) is 0.469. The Morgan fingerprint density at radius 1 is 0.981 bits per heavy atom. The molecular formula is C32H40N4O13S3. The van der Waals surface area contributed by atoms with Gasteiger partial charge in [0.1, 0.15) is 34.9 Å². The summed E-state index contributed by atoms with van der Waals surface area (Å²) < 4.78 is 62.9. The van der Waals surface area contributed by atoms with Crippen LogP contribution < -0.4 is 11.1 Å². The molecule has 4 heterocycles. The number of β-lactam (4-membered cyclic amide) rings is 2. The molecule has 0 bridgehead atoms. The average molecular weight is 785 g/mol. The van der Waals surface area contributed by atoms with E-state index in [9.17, 15) is 40.8 Å². The molecule has 2 aromatic rings. The summed E-state index contributed by atoms with van der Waals surface area (Å²) >= 11 is 1.31. The molecule has 0 unspecified atom stereocenters. The van der Waals surface area contributed by atoms with Crippen molar-refractivity contribution in [1.82, 2.24) is 15.1 Å². The van der Waals surface area contributed by atoms with Gasteiger partial charge in [-0.2, -0.15) is 8.42 Å². The van der Waals surface area contributed by atoms with E-state index in [0.717, 1.165) is 10.5 Å². The van der Waals surface area contributed by atoms with E-state index in [-0.39, 0.29) is 16.8 Å². The second-order valence-corrected chi connectivity index (χ2v) is 19.4. The lowest BCUT2D eigenvalue weighted by molar-refractivity contribution is -0.181. The minimum absolute atomic E-state index is 0. The Balaban J connectivity index is 0.000000433. The summed E-state index contributed by atoms with van der Waals surface area (Å²) in [4.78, 5) is 65.8. The van der Waals surface area contributed by atoms with E-state index in [4.69, 9.17) is 19.8 Å². The van der Waals surface area contributed by atoms with Crippen molar-refractivity contribution in [3.05, 3.63) is 65.7 Å². The zero-order valence-electron chi connectivity index (χ0n) is 28.7. The molecule has 4 fully saturated rings. The molecule has 17 nitrogen and oxygen atoms in total. The van der Waals surface area contributed by atoms with E-state index in [0.29, 0.717) is 5.56 Å². The number of nitrogens with two attached hydrogens (primary N) is 1. The molecule has 0 spiro atoms. The first-order valence-electron chi connectivity index (χ1n) is 15.6. The maximum Gasteiger partial charge on any atom is 0.333 e. The fourth-order valence-electron chi connectivity index (χ4n) is 6.40. The van der Waals surface area contributed by atoms with Crippen molar-refractivity contribution in [1.29, 1.82) is 0 Å². The van der Waals surface area contributed by atoms with E-state index in [2.05, 4.69) is 5.32 Å². The van der Waals surface area contributed by atoms with Crippen LogP contribution in [-0.4, -0.2) is 111 Å². The highest BCUT2D eigenvalue weighted by atomic mass is 32.2. The van der Waals surface area contributed by atoms with E-state index >= 15 is 0 Å². The number of ether oxygens (including phenoxy) is 2. The molecule has 6 N–H and O–H groups in total. The van der Waals surface area contributed by atoms with Crippen molar-refractivity contribution >= 4 is 61.4 Å². The summed E-state index contributed by atoms with van der Waals surface area (Å²) in [5.41, 5.74) is 7.59. The number of hydrogen-bond donors (Lipinski definition) is 3. The Hall–Kier alpha value is -4.08. The third-order valence-corrected chi connectivity index (χ3v) is 14.6. The first kappa shape index (κ1) is 40.7. The highest BCUT2D eigenvalue weighted by molar-refractivity contribution is 8.01. The number of rotatable bonds is 8. The number of carbonyl (C=O) groups excluding carboxylic acids is 5. The molecular weight excluding hydrogens is 745 g/mol. The number of carbonyl (C=O) groups is 5. The summed E-state index contributed by atoms with van der Waals surface area (Å²) in [7, 11) is -7.82. The third-order valence-electron chi connectivity index (χ3n) is 9.32. The minimum Gasteiger partial charge on any atom is -0.426 e. The number of sulfone groups is 1. The average Bonchev–Trinajstić information content (AvgIpc) is 3.38. The van der Waals surface area contributed by atoms with E-state index in [1.807, 2.05) is 6.92 Å². The van der Waals surface area contributed by atoms with Crippen molar-refractivity contribution in [2.24, 2.45) is 5.73 Å². The van der Waals surface area contributed by atoms with Gasteiger partial charge in [0.2, 0.25) is 24.5 Å². The van der Waals surface area contributed by atoms with Gasteiger partial charge in [-0.25, -0.2) is 18.0 Å². The van der Waals surface area contributed by atoms with Gasteiger partial charge in [-0.15, -0.1) is 11.8 Å². The Labute approximate surface area is 304 Å². The Kier molecular flexibility index (Phi) is 11.3. The van der Waals surface area contributed by atoms with Gasteiger partial charge >= 0.3 is 11.9 Å². The Morgan fingerprint density at radius 2 is 1.54 bits per heavy atom. The molecule has 6 atom stereocenters. The molecule has 0 aromatic heterocycles. The standard InChI is InChI=1S/C25H30N4O9S2.C7H8O3S.H2O/c1-24(2)17(29-20(32)16(21(29)39-24)27-19(31)15(26)12-8-6-5-7-9-12)22(33)37-11-38-23(34)18-25(3,4)40(35,36)14-10-13(30)28(14)18;1-6-2-4-7(5-3-6)11(8,9)10;/h5-9,14-18,21H,10-11,26H2,1-4H3,(H,27,31);2-5H,1H3,(H,8,9,10);1H2/t14-,15-,16-,17+,18+,21-;;/m1../s1. The molecule has 4 aliphatic rings. The van der Waals surface area contributed by atoms with E-state index in [1.165, 1.54) is 42.6 Å². The summed E-state index contributed by atoms with van der Waals surface area (Å²) in [5, 5.41) is 1.07. The van der Waals surface area contributed by atoms with E-state index < -0.39 is 101 Å². The number of aryl methyl sites for hydroxylation is 1. The normalized spacial score (nSPS) is 26.5. The minimum atomic E-state index is -4.02. The lowest BCUT2D eigenvalue weighted by Gasteiger charge is -2.44. The predicted octanol–water partition coefficient (Wildman–Crippen LogP) is -0.172. The van der Waals surface area contributed by atoms with Gasteiger partial charge in [0.15, 0.2) is 9.84 Å². The van der Waals surface area contributed by atoms with Gasteiger partial charge in [-0.3, -0.25) is 18.9 Å². The largest absolute Gasteiger partial charge is 0.426 e. The SMILES string of the molecule is CC1(C)S[C@@H]2[C@H](NC(=O)[C@H](N)c3ccccc3)C(=O)N2[C@H]1C(=O)OCOC(=O)[C@@H]1N2C(=O)C[C@H]2S(=O)(=O)C1(C)C.Cc1ccc(S(=O)(=O)O)cc1.O. The number of fused-ring (bicyclic) bond motifs is 2. The highest BCUT2D eigenvalue weighted by Crippen LogP contribution is 2.51. The Bertz CT molecular complexity index is 1970. The van der Waals surface area contributed by atoms with Crippen LogP contribution in [0.5, 0.6) is 0 Å². The molecule has 20 heteroatoms. The molecule has 0 aliphatic carbocycles. The van der Waals surface area contributed by atoms with Crippen LogP contribution in [0, 0.1) is 6.92 Å². The van der Waals surface area contributed by atoms with Crippen LogP contribution >= 0.6 is 11.8 Å². The first-order valence-corrected chi connectivity index (χ1v) is 19.5. The number of amides is 3. The van der Waals surface area contributed by atoms with Crippen molar-refractivity contribution in [3.8, 4) is 0 Å². The first-order chi connectivity index (χ1) is 23.6. The molecule has 4 aliphatic heterocycles. The maximum absolute atomic E-state index is 13.0. The maximum atomic E-state index is 13.0. The smallest absolute Gasteiger partial charge is 0.333 e. The fourth-order valence-corrected chi connectivity index (χ4v) is 10.6. The number of thioether (sulfide) groups is 1. The summed E-state index contributed by atoms with van der Waals surface area (Å²) in [6, 6.07) is 10.4. The van der Waals surface area contributed by atoms with Gasteiger partial charge in [0.25, 0.3) is 10.1 Å². The monoisotopic (exact) mass is 784 g/mol. The molecule has 2 aromatic carbocycles. The van der Waals surface area contributed by atoms with Gasteiger partial charge in [-0.05, 0) is 52.3 Å². The second kappa shape index (κ2) is 14.4. The van der Waals surface area contributed by atoms with Crippen molar-refractivity contribution in [2.75, 3.05) is 6.79 Å². The lowest BCUT2D eigenvalue weighted by Crippen LogP contribution is -2.71. The van der Waals surface area contributed by atoms with Gasteiger partial charge in [0, 0.05) is 4.75 Å². The van der Waals surface area contributed by atoms with Crippen LogP contribution in [0.4, 0.5) is 0 Å². The number of nitrogens with one attached hydrogen (secondary N) is 1. The van der Waals surface area contributed by atoms with Gasteiger partial charge in [0.05, 0.1) is 16.1 Å². The second-order valence-electron chi connectivity index (χ2n) is 13.5. The summed E-state index contributed by atoms with van der Waals surface area (Å²) in [6.45, 7) is 7.21. The molecule has 52 heavy (non-hydrogen) atoms. The zero-order chi connectivity index (χ0) is 37.8. The van der Waals surface area contributed by atoms with Crippen LogP contribution in [-0.2, 0) is 53.4 Å². The third kappa shape index (κ3) is 7.14. The molecule has 3 amide bonds. The summed E-state index contributed by atoms with van der Waals surface area (Å²) in [5.74, 6) is -3.32. The van der Waals surface area contributed by atoms with Crippen molar-refractivity contribution in [3.63, 3.8) is 0 Å². The molecule has 0 saturated carbocycles. The predicted molar refractivity (Wildman–Crippen MR) is 185 cm³/mol. The quantitative estimate of drug-likeness (QED) is 0.136. The van der Waals surface area contributed by atoms with Crippen molar-refractivity contribution in [2.45, 2.75) is 90.3 Å². The van der Waals surface area contributed by atoms with Gasteiger partial charge < -0.3 is 35.8 Å². The van der Waals surface area contributed by atoms with Crippen LogP contribution in [0.1, 0.15) is 51.3 Å². The van der Waals surface area contributed by atoms with Gasteiger partial charge in [-0.1, -0.05) is 48.0 Å². The molecule has 284 valence electrons. The zero-order valence-corrected chi connectivity index (χ0v) is 31.2. The molecule has 6 rings (SSSR count). The Morgan fingerprint density at radius 3 is 2.08 bits per heavy atom. The van der Waals surface area contributed by atoms with E-state index in [1.54, 1.807) is 56.3 Å². The highest BCUT2D eigenvalue weighted by Gasteiger charge is 2.68.